The number of pyridine rings is 1. The monoisotopic (exact) mass is 286 g/mol. The molecule has 104 valence electrons. The Hall–Kier alpha value is -1.94. The van der Waals surface area contributed by atoms with Crippen LogP contribution in [0.3, 0.4) is 0 Å². The van der Waals surface area contributed by atoms with Crippen molar-refractivity contribution in [2.24, 2.45) is 5.73 Å². The Morgan fingerprint density at radius 2 is 2.00 bits per heavy atom. The van der Waals surface area contributed by atoms with Gasteiger partial charge in [0.1, 0.15) is 10.7 Å². The van der Waals surface area contributed by atoms with Crippen molar-refractivity contribution in [1.29, 1.82) is 0 Å². The van der Waals surface area contributed by atoms with Crippen LogP contribution in [0.25, 0.3) is 0 Å². The molecule has 0 aliphatic carbocycles. The van der Waals surface area contributed by atoms with Gasteiger partial charge in [-0.1, -0.05) is 37.7 Å². The second kappa shape index (κ2) is 7.01. The average Bonchev–Trinajstić information content (AvgIpc) is 2.47. The van der Waals surface area contributed by atoms with Gasteiger partial charge in [-0.05, 0) is 36.6 Å². The molecule has 0 fully saturated rings. The maximum atomic E-state index is 5.70. The molecule has 4 heteroatoms. The van der Waals surface area contributed by atoms with E-state index in [0.29, 0.717) is 10.9 Å². The Balaban J connectivity index is 2.06. The first-order valence-corrected chi connectivity index (χ1v) is 7.12. The highest BCUT2D eigenvalue weighted by atomic mass is 32.1. The number of rotatable bonds is 6. The van der Waals surface area contributed by atoms with E-state index >= 15 is 0 Å². The minimum Gasteiger partial charge on any atom is -0.439 e. The summed E-state index contributed by atoms with van der Waals surface area (Å²) in [6.07, 6.45) is 5.15. The van der Waals surface area contributed by atoms with Crippen LogP contribution in [0.2, 0.25) is 0 Å². The third-order valence-electron chi connectivity index (χ3n) is 2.98. The fourth-order valence-electron chi connectivity index (χ4n) is 1.84. The molecule has 0 saturated heterocycles. The Morgan fingerprint density at radius 3 is 2.65 bits per heavy atom. The molecule has 1 aromatic heterocycles. The number of nitrogens with zero attached hydrogens (tertiary/aromatic N) is 1. The SMILES string of the molecule is CCCCc1ccc(Oc2cc(C(N)=S)ccn2)cc1. The van der Waals surface area contributed by atoms with Gasteiger partial charge in [0.05, 0.1) is 0 Å². The number of nitrogens with two attached hydrogens (primary N) is 1. The summed E-state index contributed by atoms with van der Waals surface area (Å²) in [6, 6.07) is 11.6. The Labute approximate surface area is 124 Å². The maximum Gasteiger partial charge on any atom is 0.219 e. The number of benzene rings is 1. The third kappa shape index (κ3) is 4.03. The highest BCUT2D eigenvalue weighted by molar-refractivity contribution is 7.80. The molecule has 3 nitrogen and oxygen atoms in total. The van der Waals surface area contributed by atoms with Crippen LogP contribution in [0.15, 0.2) is 42.6 Å². The van der Waals surface area contributed by atoms with E-state index in [4.69, 9.17) is 22.7 Å². The normalized spacial score (nSPS) is 10.2. The van der Waals surface area contributed by atoms with Gasteiger partial charge in [0.25, 0.3) is 0 Å². The highest BCUT2D eigenvalue weighted by Crippen LogP contribution is 2.21. The van der Waals surface area contributed by atoms with E-state index in [-0.39, 0.29) is 0 Å². The fourth-order valence-corrected chi connectivity index (χ4v) is 1.97. The molecule has 0 spiro atoms. The smallest absolute Gasteiger partial charge is 0.219 e. The van der Waals surface area contributed by atoms with E-state index in [0.717, 1.165) is 17.7 Å². The first-order chi connectivity index (χ1) is 9.69. The summed E-state index contributed by atoms with van der Waals surface area (Å²) in [6.45, 7) is 2.19. The van der Waals surface area contributed by atoms with Crippen LogP contribution in [0.1, 0.15) is 30.9 Å². The van der Waals surface area contributed by atoms with Crippen molar-refractivity contribution in [3.05, 3.63) is 53.7 Å². The molecule has 2 N–H and O–H groups in total. The zero-order valence-corrected chi connectivity index (χ0v) is 12.3. The highest BCUT2D eigenvalue weighted by Gasteiger charge is 2.02. The van der Waals surface area contributed by atoms with Crippen LogP contribution >= 0.6 is 12.2 Å². The lowest BCUT2D eigenvalue weighted by Gasteiger charge is -2.07. The minimum atomic E-state index is 0.340. The molecular formula is C16H18N2OS. The van der Waals surface area contributed by atoms with Crippen molar-refractivity contribution >= 4 is 17.2 Å². The molecule has 20 heavy (non-hydrogen) atoms. The fraction of sp³-hybridized carbons (Fsp3) is 0.250. The molecule has 0 radical (unpaired) electrons. The van der Waals surface area contributed by atoms with Crippen molar-refractivity contribution in [1.82, 2.24) is 4.98 Å². The van der Waals surface area contributed by atoms with Crippen molar-refractivity contribution in [3.63, 3.8) is 0 Å². The van der Waals surface area contributed by atoms with Crippen LogP contribution in [-0.4, -0.2) is 9.97 Å². The molecule has 0 unspecified atom stereocenters. The van der Waals surface area contributed by atoms with E-state index < -0.39 is 0 Å². The van der Waals surface area contributed by atoms with Crippen molar-refractivity contribution in [2.45, 2.75) is 26.2 Å². The van der Waals surface area contributed by atoms with Crippen LogP contribution in [0, 0.1) is 0 Å². The van der Waals surface area contributed by atoms with Crippen LogP contribution < -0.4 is 10.5 Å². The van der Waals surface area contributed by atoms with Gasteiger partial charge in [0.15, 0.2) is 0 Å². The van der Waals surface area contributed by atoms with Gasteiger partial charge < -0.3 is 10.5 Å². The molecule has 0 aliphatic heterocycles. The second-order valence-electron chi connectivity index (χ2n) is 4.60. The van der Waals surface area contributed by atoms with Gasteiger partial charge in [0.2, 0.25) is 5.88 Å². The molecule has 1 aromatic carbocycles. The molecule has 0 atom stereocenters. The molecule has 0 bridgehead atoms. The number of hydrogen-bond acceptors (Lipinski definition) is 3. The molecule has 0 saturated carbocycles. The van der Waals surface area contributed by atoms with Crippen LogP contribution in [0.5, 0.6) is 11.6 Å². The molecular weight excluding hydrogens is 268 g/mol. The van der Waals surface area contributed by atoms with E-state index in [1.165, 1.54) is 18.4 Å². The van der Waals surface area contributed by atoms with E-state index in [2.05, 4.69) is 24.0 Å². The second-order valence-corrected chi connectivity index (χ2v) is 5.04. The van der Waals surface area contributed by atoms with E-state index in [1.807, 2.05) is 12.1 Å². The molecule has 0 amide bonds. The van der Waals surface area contributed by atoms with Gasteiger partial charge in [-0.25, -0.2) is 4.98 Å². The van der Waals surface area contributed by atoms with Crippen LogP contribution in [-0.2, 0) is 6.42 Å². The third-order valence-corrected chi connectivity index (χ3v) is 3.22. The lowest BCUT2D eigenvalue weighted by Crippen LogP contribution is -2.09. The van der Waals surface area contributed by atoms with Gasteiger partial charge in [-0.3, -0.25) is 0 Å². The number of hydrogen-bond donors (Lipinski definition) is 1. The zero-order chi connectivity index (χ0) is 14.4. The molecule has 2 rings (SSSR count). The Morgan fingerprint density at radius 1 is 1.25 bits per heavy atom. The Bertz CT molecular complexity index is 581. The van der Waals surface area contributed by atoms with Crippen molar-refractivity contribution in [3.8, 4) is 11.6 Å². The first-order valence-electron chi connectivity index (χ1n) is 6.71. The van der Waals surface area contributed by atoms with Crippen LogP contribution in [0.4, 0.5) is 0 Å². The average molecular weight is 286 g/mol. The quantitative estimate of drug-likeness (QED) is 0.819. The summed E-state index contributed by atoms with van der Waals surface area (Å²) in [5, 5.41) is 0. The van der Waals surface area contributed by atoms with Gasteiger partial charge in [-0.2, -0.15) is 0 Å². The molecule has 2 aromatic rings. The summed E-state index contributed by atoms with van der Waals surface area (Å²) in [5.41, 5.74) is 7.67. The summed E-state index contributed by atoms with van der Waals surface area (Å²) in [7, 11) is 0. The van der Waals surface area contributed by atoms with Gasteiger partial charge in [-0.15, -0.1) is 0 Å². The van der Waals surface area contributed by atoms with E-state index in [9.17, 15) is 0 Å². The number of thiocarbonyl (C=S) groups is 1. The Kier molecular flexibility index (Phi) is 5.07. The summed E-state index contributed by atoms with van der Waals surface area (Å²) in [5.74, 6) is 1.26. The number of aryl methyl sites for hydroxylation is 1. The van der Waals surface area contributed by atoms with E-state index in [1.54, 1.807) is 18.3 Å². The molecule has 0 aliphatic rings. The lowest BCUT2D eigenvalue weighted by molar-refractivity contribution is 0.462. The number of unbranched alkanes of at least 4 members (excludes halogenated alkanes) is 1. The summed E-state index contributed by atoms with van der Waals surface area (Å²) >= 11 is 4.94. The predicted molar refractivity (Wildman–Crippen MR) is 85.3 cm³/mol. The summed E-state index contributed by atoms with van der Waals surface area (Å²) in [4.78, 5) is 4.49. The molecule has 1 heterocycles. The lowest BCUT2D eigenvalue weighted by atomic mass is 10.1. The zero-order valence-electron chi connectivity index (χ0n) is 11.5. The summed E-state index contributed by atoms with van der Waals surface area (Å²) < 4.78 is 5.70. The van der Waals surface area contributed by atoms with Gasteiger partial charge in [0, 0.05) is 17.8 Å². The first kappa shape index (κ1) is 14.5. The maximum absolute atomic E-state index is 5.70. The largest absolute Gasteiger partial charge is 0.439 e. The minimum absolute atomic E-state index is 0.340. The number of ether oxygens (including phenoxy) is 1. The topological polar surface area (TPSA) is 48.1 Å². The van der Waals surface area contributed by atoms with Gasteiger partial charge >= 0.3 is 0 Å². The van der Waals surface area contributed by atoms with Crippen molar-refractivity contribution in [2.75, 3.05) is 0 Å². The predicted octanol–water partition coefficient (Wildman–Crippen LogP) is 3.85. The number of aromatic nitrogens is 1. The standard InChI is InChI=1S/C16H18N2OS/c1-2-3-4-12-5-7-14(8-6-12)19-15-11-13(16(17)20)9-10-18-15/h5-11H,2-4H2,1H3,(H2,17,20). The van der Waals surface area contributed by atoms with Crippen molar-refractivity contribution < 1.29 is 4.74 Å².